The molecule has 2 N–H and O–H groups in total. The normalized spacial score (nSPS) is 14.3. The van der Waals surface area contributed by atoms with Gasteiger partial charge in [0, 0.05) is 26.1 Å². The molecule has 0 aliphatic rings. The van der Waals surface area contributed by atoms with Gasteiger partial charge in [-0.1, -0.05) is 27.7 Å². The van der Waals surface area contributed by atoms with Crippen molar-refractivity contribution in [2.45, 2.75) is 93.0 Å². The van der Waals surface area contributed by atoms with Gasteiger partial charge in [-0.15, -0.1) is 0 Å². The molecule has 2 atom stereocenters. The standard InChI is InChI=1S/C20H41N3O3/c1-14(2)11-13-23(17(6)24)18(15(3)4)22-16(5)10-12-21-19(25)26-20(7,8)9/h14-16,18,22H,10-13H2,1-9H3,(H,21,25). The molecular formula is C20H41N3O3. The second-order valence-electron chi connectivity index (χ2n) is 8.87. The summed E-state index contributed by atoms with van der Waals surface area (Å²) in [6.45, 7) is 19.1. The molecule has 6 heteroatoms. The van der Waals surface area contributed by atoms with Gasteiger partial charge in [0.05, 0.1) is 6.17 Å². The zero-order valence-corrected chi connectivity index (χ0v) is 18.3. The maximum atomic E-state index is 12.1. The quantitative estimate of drug-likeness (QED) is 0.574. The van der Waals surface area contributed by atoms with Crippen molar-refractivity contribution in [1.29, 1.82) is 0 Å². The molecule has 0 aliphatic heterocycles. The first-order chi connectivity index (χ1) is 11.8. The van der Waals surface area contributed by atoms with Crippen molar-refractivity contribution in [2.24, 2.45) is 11.8 Å². The lowest BCUT2D eigenvalue weighted by atomic mass is 10.1. The van der Waals surface area contributed by atoms with Gasteiger partial charge in [0.2, 0.25) is 5.91 Å². The zero-order chi connectivity index (χ0) is 20.5. The summed E-state index contributed by atoms with van der Waals surface area (Å²) >= 11 is 0. The Morgan fingerprint density at radius 2 is 1.62 bits per heavy atom. The van der Waals surface area contributed by atoms with Crippen LogP contribution >= 0.6 is 0 Å². The van der Waals surface area contributed by atoms with Crippen molar-refractivity contribution in [2.75, 3.05) is 13.1 Å². The van der Waals surface area contributed by atoms with Crippen molar-refractivity contribution in [3.63, 3.8) is 0 Å². The Bertz CT molecular complexity index is 431. The first-order valence-electron chi connectivity index (χ1n) is 9.83. The Morgan fingerprint density at radius 3 is 2.04 bits per heavy atom. The van der Waals surface area contributed by atoms with Crippen molar-refractivity contribution in [3.05, 3.63) is 0 Å². The van der Waals surface area contributed by atoms with E-state index in [-0.39, 0.29) is 18.1 Å². The topological polar surface area (TPSA) is 70.7 Å². The Morgan fingerprint density at radius 1 is 1.04 bits per heavy atom. The molecule has 0 aromatic rings. The Labute approximate surface area is 160 Å². The third kappa shape index (κ3) is 11.3. The minimum Gasteiger partial charge on any atom is -0.444 e. The van der Waals surface area contributed by atoms with E-state index in [1.54, 1.807) is 6.92 Å². The molecular weight excluding hydrogens is 330 g/mol. The maximum absolute atomic E-state index is 12.1. The predicted molar refractivity (Wildman–Crippen MR) is 107 cm³/mol. The zero-order valence-electron chi connectivity index (χ0n) is 18.3. The van der Waals surface area contributed by atoms with Gasteiger partial charge in [0.15, 0.2) is 0 Å². The van der Waals surface area contributed by atoms with Crippen LogP contribution in [0.25, 0.3) is 0 Å². The Balaban J connectivity index is 4.59. The van der Waals surface area contributed by atoms with E-state index in [2.05, 4.69) is 45.3 Å². The summed E-state index contributed by atoms with van der Waals surface area (Å²) in [7, 11) is 0. The molecule has 2 amide bonds. The van der Waals surface area contributed by atoms with E-state index in [4.69, 9.17) is 4.74 Å². The largest absolute Gasteiger partial charge is 0.444 e. The van der Waals surface area contributed by atoms with Gasteiger partial charge in [-0.2, -0.15) is 0 Å². The van der Waals surface area contributed by atoms with Gasteiger partial charge in [-0.25, -0.2) is 4.79 Å². The molecule has 0 rings (SSSR count). The molecule has 0 saturated carbocycles. The molecule has 0 bridgehead atoms. The number of ether oxygens (including phenoxy) is 1. The van der Waals surface area contributed by atoms with Crippen molar-refractivity contribution < 1.29 is 14.3 Å². The van der Waals surface area contributed by atoms with Gasteiger partial charge in [0.1, 0.15) is 5.60 Å². The van der Waals surface area contributed by atoms with Crippen molar-refractivity contribution in [1.82, 2.24) is 15.5 Å². The average Bonchev–Trinajstić information content (AvgIpc) is 2.43. The molecule has 0 saturated heterocycles. The lowest BCUT2D eigenvalue weighted by molar-refractivity contribution is -0.133. The SMILES string of the molecule is CC(=O)N(CCC(C)C)C(NC(C)CCNC(=O)OC(C)(C)C)C(C)C. The van der Waals surface area contributed by atoms with E-state index >= 15 is 0 Å². The van der Waals surface area contributed by atoms with Crippen LogP contribution in [0.15, 0.2) is 0 Å². The second-order valence-corrected chi connectivity index (χ2v) is 8.87. The van der Waals surface area contributed by atoms with Crippen LogP contribution in [-0.2, 0) is 9.53 Å². The number of nitrogens with one attached hydrogen (secondary N) is 2. The van der Waals surface area contributed by atoms with Gasteiger partial charge in [-0.05, 0) is 52.4 Å². The number of hydrogen-bond donors (Lipinski definition) is 2. The summed E-state index contributed by atoms with van der Waals surface area (Å²) in [5.74, 6) is 0.948. The molecule has 154 valence electrons. The molecule has 2 unspecified atom stereocenters. The minimum absolute atomic E-state index is 0.0113. The van der Waals surface area contributed by atoms with Crippen LogP contribution in [0.1, 0.15) is 75.2 Å². The number of alkyl carbamates (subject to hydrolysis) is 1. The van der Waals surface area contributed by atoms with Crippen LogP contribution in [0.4, 0.5) is 4.79 Å². The fourth-order valence-electron chi connectivity index (χ4n) is 2.61. The average molecular weight is 372 g/mol. The maximum Gasteiger partial charge on any atom is 0.407 e. The number of amides is 2. The molecule has 0 heterocycles. The van der Waals surface area contributed by atoms with Gasteiger partial charge in [-0.3, -0.25) is 10.1 Å². The first-order valence-corrected chi connectivity index (χ1v) is 9.83. The lowest BCUT2D eigenvalue weighted by Crippen LogP contribution is -2.54. The number of rotatable bonds is 10. The monoisotopic (exact) mass is 371 g/mol. The van der Waals surface area contributed by atoms with E-state index in [1.807, 2.05) is 25.7 Å². The van der Waals surface area contributed by atoms with Crippen LogP contribution in [-0.4, -0.2) is 47.8 Å². The Kier molecular flexibility index (Phi) is 10.8. The van der Waals surface area contributed by atoms with Gasteiger partial charge >= 0.3 is 6.09 Å². The van der Waals surface area contributed by atoms with Crippen LogP contribution < -0.4 is 10.6 Å². The van der Waals surface area contributed by atoms with Gasteiger partial charge < -0.3 is 15.0 Å². The summed E-state index contributed by atoms with van der Waals surface area (Å²) in [4.78, 5) is 25.8. The number of hydrogen-bond acceptors (Lipinski definition) is 4. The highest BCUT2D eigenvalue weighted by molar-refractivity contribution is 5.73. The molecule has 0 fully saturated rings. The fourth-order valence-corrected chi connectivity index (χ4v) is 2.61. The predicted octanol–water partition coefficient (Wildman–Crippen LogP) is 3.76. The summed E-state index contributed by atoms with van der Waals surface area (Å²) in [5.41, 5.74) is -0.491. The van der Waals surface area contributed by atoms with Gasteiger partial charge in [0.25, 0.3) is 0 Å². The lowest BCUT2D eigenvalue weighted by Gasteiger charge is -2.37. The molecule has 0 aliphatic carbocycles. The summed E-state index contributed by atoms with van der Waals surface area (Å²) in [6, 6.07) is 0.165. The smallest absolute Gasteiger partial charge is 0.407 e. The molecule has 0 radical (unpaired) electrons. The Hall–Kier alpha value is -1.30. The minimum atomic E-state index is -0.491. The van der Waals surface area contributed by atoms with E-state index < -0.39 is 11.7 Å². The fraction of sp³-hybridized carbons (Fsp3) is 0.900. The van der Waals surface area contributed by atoms with E-state index in [0.717, 1.165) is 19.4 Å². The number of carbonyl (C=O) groups is 2. The molecule has 26 heavy (non-hydrogen) atoms. The van der Waals surface area contributed by atoms with Crippen LogP contribution in [0.2, 0.25) is 0 Å². The highest BCUT2D eigenvalue weighted by Crippen LogP contribution is 2.13. The summed E-state index contributed by atoms with van der Waals surface area (Å²) in [5, 5.41) is 6.34. The van der Waals surface area contributed by atoms with E-state index in [0.29, 0.717) is 18.4 Å². The first kappa shape index (κ1) is 24.7. The van der Waals surface area contributed by atoms with Crippen LogP contribution in [0.3, 0.4) is 0 Å². The van der Waals surface area contributed by atoms with E-state index in [1.165, 1.54) is 0 Å². The van der Waals surface area contributed by atoms with Crippen molar-refractivity contribution in [3.8, 4) is 0 Å². The number of nitrogens with zero attached hydrogens (tertiary/aromatic N) is 1. The molecule has 0 aromatic heterocycles. The third-order valence-electron chi connectivity index (χ3n) is 4.02. The molecule has 0 spiro atoms. The second kappa shape index (κ2) is 11.4. The van der Waals surface area contributed by atoms with E-state index in [9.17, 15) is 9.59 Å². The van der Waals surface area contributed by atoms with Crippen LogP contribution in [0.5, 0.6) is 0 Å². The molecule has 0 aromatic carbocycles. The van der Waals surface area contributed by atoms with Crippen molar-refractivity contribution >= 4 is 12.0 Å². The third-order valence-corrected chi connectivity index (χ3v) is 4.02. The highest BCUT2D eigenvalue weighted by atomic mass is 16.6. The highest BCUT2D eigenvalue weighted by Gasteiger charge is 2.25. The summed E-state index contributed by atoms with van der Waals surface area (Å²) < 4.78 is 5.24. The number of carbonyl (C=O) groups excluding carboxylic acids is 2. The molecule has 6 nitrogen and oxygen atoms in total. The summed E-state index contributed by atoms with van der Waals surface area (Å²) in [6.07, 6.45) is 1.34. The van der Waals surface area contributed by atoms with Crippen LogP contribution in [0, 0.1) is 11.8 Å².